The lowest BCUT2D eigenvalue weighted by atomic mass is 10.1. The maximum atomic E-state index is 10.7. The number of hydrogen-bond donors (Lipinski definition) is 1. The second-order valence-corrected chi connectivity index (χ2v) is 6.49. The maximum Gasteiger partial charge on any atom is 0.313 e. The summed E-state index contributed by atoms with van der Waals surface area (Å²) in [5, 5.41) is 17.7. The fourth-order valence-corrected chi connectivity index (χ4v) is 3.17. The molecule has 0 radical (unpaired) electrons. The molecule has 0 saturated carbocycles. The van der Waals surface area contributed by atoms with E-state index in [9.17, 15) is 4.79 Å². The van der Waals surface area contributed by atoms with Crippen LogP contribution in [0, 0.1) is 13.8 Å². The largest absolute Gasteiger partial charge is 0.493 e. The minimum atomic E-state index is -0.853. The summed E-state index contributed by atoms with van der Waals surface area (Å²) in [5.74, 6) is 0.924. The first-order valence-electron chi connectivity index (χ1n) is 7.98. The Labute approximate surface area is 146 Å². The van der Waals surface area contributed by atoms with Gasteiger partial charge < -0.3 is 14.4 Å². The van der Waals surface area contributed by atoms with Gasteiger partial charge in [0.25, 0.3) is 0 Å². The highest BCUT2D eigenvalue weighted by atomic mass is 32.2. The van der Waals surface area contributed by atoms with Gasteiger partial charge in [0.05, 0.1) is 12.4 Å². The SMILES string of the molecule is CCn1c(CCCOc2ccc(C)cc2C)nnc1SCC(=O)O. The van der Waals surface area contributed by atoms with Crippen LogP contribution >= 0.6 is 11.8 Å². The minimum absolute atomic E-state index is 0.00601. The summed E-state index contributed by atoms with van der Waals surface area (Å²) in [5.41, 5.74) is 2.36. The number of rotatable bonds is 9. The fraction of sp³-hybridized carbons (Fsp3) is 0.471. The Hall–Kier alpha value is -2.02. The summed E-state index contributed by atoms with van der Waals surface area (Å²) in [7, 11) is 0. The van der Waals surface area contributed by atoms with Crippen LogP contribution in [0.2, 0.25) is 0 Å². The van der Waals surface area contributed by atoms with E-state index in [1.807, 2.05) is 30.5 Å². The molecule has 0 fully saturated rings. The quantitative estimate of drug-likeness (QED) is 0.554. The van der Waals surface area contributed by atoms with E-state index in [4.69, 9.17) is 9.84 Å². The van der Waals surface area contributed by atoms with Gasteiger partial charge in [0, 0.05) is 13.0 Å². The number of carboxylic acids is 1. The molecule has 2 rings (SSSR count). The number of ether oxygens (including phenoxy) is 1. The van der Waals surface area contributed by atoms with Crippen molar-refractivity contribution >= 4 is 17.7 Å². The van der Waals surface area contributed by atoms with Crippen molar-refractivity contribution in [1.29, 1.82) is 0 Å². The summed E-state index contributed by atoms with van der Waals surface area (Å²) in [6.45, 7) is 7.44. The highest BCUT2D eigenvalue weighted by Crippen LogP contribution is 2.20. The van der Waals surface area contributed by atoms with Crippen LogP contribution in [0.4, 0.5) is 0 Å². The average Bonchev–Trinajstić information content (AvgIpc) is 2.93. The first-order chi connectivity index (χ1) is 11.5. The zero-order chi connectivity index (χ0) is 17.5. The molecule has 1 N–H and O–H groups in total. The van der Waals surface area contributed by atoms with Gasteiger partial charge in [-0.3, -0.25) is 4.79 Å². The van der Waals surface area contributed by atoms with E-state index in [2.05, 4.69) is 23.2 Å². The summed E-state index contributed by atoms with van der Waals surface area (Å²) in [4.78, 5) is 10.7. The van der Waals surface area contributed by atoms with Crippen LogP contribution in [-0.4, -0.2) is 38.2 Å². The summed E-state index contributed by atoms with van der Waals surface area (Å²) < 4.78 is 7.80. The third-order valence-electron chi connectivity index (χ3n) is 3.57. The van der Waals surface area contributed by atoms with Crippen LogP contribution in [0.3, 0.4) is 0 Å². The van der Waals surface area contributed by atoms with Crippen LogP contribution < -0.4 is 4.74 Å². The number of carboxylic acid groups (broad SMARTS) is 1. The monoisotopic (exact) mass is 349 g/mol. The molecule has 1 aromatic heterocycles. The lowest BCUT2D eigenvalue weighted by Gasteiger charge is -2.10. The molecule has 2 aromatic rings. The second-order valence-electron chi connectivity index (χ2n) is 5.55. The van der Waals surface area contributed by atoms with E-state index in [1.54, 1.807) is 0 Å². The number of benzene rings is 1. The lowest BCUT2D eigenvalue weighted by molar-refractivity contribution is -0.133. The third-order valence-corrected chi connectivity index (χ3v) is 4.52. The summed E-state index contributed by atoms with van der Waals surface area (Å²) in [6, 6.07) is 6.15. The van der Waals surface area contributed by atoms with Crippen molar-refractivity contribution in [3.8, 4) is 5.75 Å². The maximum absolute atomic E-state index is 10.7. The average molecular weight is 349 g/mol. The van der Waals surface area contributed by atoms with Gasteiger partial charge in [0.2, 0.25) is 0 Å². The van der Waals surface area contributed by atoms with Crippen molar-refractivity contribution in [2.75, 3.05) is 12.4 Å². The molecule has 1 heterocycles. The first-order valence-corrected chi connectivity index (χ1v) is 8.96. The smallest absolute Gasteiger partial charge is 0.313 e. The molecule has 0 saturated heterocycles. The predicted molar refractivity (Wildman–Crippen MR) is 93.8 cm³/mol. The molecule has 24 heavy (non-hydrogen) atoms. The van der Waals surface area contributed by atoms with Gasteiger partial charge in [0.15, 0.2) is 5.16 Å². The van der Waals surface area contributed by atoms with Crippen LogP contribution in [0.25, 0.3) is 0 Å². The molecule has 0 bridgehead atoms. The Morgan fingerprint density at radius 1 is 1.33 bits per heavy atom. The van der Waals surface area contributed by atoms with Gasteiger partial charge >= 0.3 is 5.97 Å². The second kappa shape index (κ2) is 8.73. The molecule has 7 heteroatoms. The number of aliphatic carboxylic acids is 1. The molecule has 0 atom stereocenters. The van der Waals surface area contributed by atoms with Crippen molar-refractivity contribution in [3.05, 3.63) is 35.2 Å². The van der Waals surface area contributed by atoms with Crippen molar-refractivity contribution in [1.82, 2.24) is 14.8 Å². The van der Waals surface area contributed by atoms with Crippen LogP contribution in [0.5, 0.6) is 5.75 Å². The van der Waals surface area contributed by atoms with E-state index >= 15 is 0 Å². The molecule has 0 unspecified atom stereocenters. The third kappa shape index (κ3) is 4.99. The number of aromatic nitrogens is 3. The Balaban J connectivity index is 1.86. The van der Waals surface area contributed by atoms with Gasteiger partial charge in [-0.2, -0.15) is 0 Å². The van der Waals surface area contributed by atoms with E-state index in [-0.39, 0.29) is 5.75 Å². The zero-order valence-electron chi connectivity index (χ0n) is 14.3. The van der Waals surface area contributed by atoms with Gasteiger partial charge in [-0.1, -0.05) is 29.5 Å². The normalized spacial score (nSPS) is 10.8. The highest BCUT2D eigenvalue weighted by Gasteiger charge is 2.12. The van der Waals surface area contributed by atoms with Crippen molar-refractivity contribution in [3.63, 3.8) is 0 Å². The van der Waals surface area contributed by atoms with Crippen LogP contribution in [-0.2, 0) is 17.8 Å². The van der Waals surface area contributed by atoms with Gasteiger partial charge in [-0.15, -0.1) is 10.2 Å². The molecule has 1 aromatic carbocycles. The van der Waals surface area contributed by atoms with E-state index in [0.29, 0.717) is 11.8 Å². The molecule has 130 valence electrons. The van der Waals surface area contributed by atoms with Crippen LogP contribution in [0.1, 0.15) is 30.3 Å². The Kier molecular flexibility index (Phi) is 6.66. The van der Waals surface area contributed by atoms with E-state index in [0.717, 1.165) is 36.5 Å². The van der Waals surface area contributed by atoms with Crippen molar-refractivity contribution < 1.29 is 14.6 Å². The number of hydrogen-bond acceptors (Lipinski definition) is 5. The van der Waals surface area contributed by atoms with E-state index in [1.165, 1.54) is 17.3 Å². The molecule has 0 aliphatic carbocycles. The molecular weight excluding hydrogens is 326 g/mol. The molecular formula is C17H23N3O3S. The standard InChI is InChI=1S/C17H23N3O3S/c1-4-20-15(18-19-17(20)24-11-16(21)22)6-5-9-23-14-8-7-12(2)10-13(14)3/h7-8,10H,4-6,9,11H2,1-3H3,(H,21,22). The van der Waals surface area contributed by atoms with E-state index < -0.39 is 5.97 Å². The van der Waals surface area contributed by atoms with Crippen molar-refractivity contribution in [2.24, 2.45) is 0 Å². The number of thioether (sulfide) groups is 1. The molecule has 0 aliphatic rings. The topological polar surface area (TPSA) is 77.2 Å². The number of aryl methyl sites for hydroxylation is 3. The Bertz CT molecular complexity index is 700. The summed E-state index contributed by atoms with van der Waals surface area (Å²) >= 11 is 1.20. The summed E-state index contributed by atoms with van der Waals surface area (Å²) in [6.07, 6.45) is 1.58. The first kappa shape index (κ1) is 18.3. The molecule has 0 amide bonds. The molecule has 6 nitrogen and oxygen atoms in total. The van der Waals surface area contributed by atoms with Crippen molar-refractivity contribution in [2.45, 2.75) is 45.3 Å². The zero-order valence-corrected chi connectivity index (χ0v) is 15.1. The lowest BCUT2D eigenvalue weighted by Crippen LogP contribution is -2.07. The number of carbonyl (C=O) groups is 1. The minimum Gasteiger partial charge on any atom is -0.493 e. The fourth-order valence-electron chi connectivity index (χ4n) is 2.43. The highest BCUT2D eigenvalue weighted by molar-refractivity contribution is 7.99. The predicted octanol–water partition coefficient (Wildman–Crippen LogP) is 3.10. The Morgan fingerprint density at radius 2 is 2.12 bits per heavy atom. The molecule has 0 spiro atoms. The number of nitrogens with zero attached hydrogens (tertiary/aromatic N) is 3. The Morgan fingerprint density at radius 3 is 2.79 bits per heavy atom. The van der Waals surface area contributed by atoms with Gasteiger partial charge in [0.1, 0.15) is 11.6 Å². The molecule has 0 aliphatic heterocycles. The van der Waals surface area contributed by atoms with Gasteiger partial charge in [-0.05, 0) is 38.8 Å². The van der Waals surface area contributed by atoms with Gasteiger partial charge in [-0.25, -0.2) is 0 Å². The van der Waals surface area contributed by atoms with Crippen LogP contribution in [0.15, 0.2) is 23.4 Å².